The third-order valence-corrected chi connectivity index (χ3v) is 7.70. The second-order valence-electron chi connectivity index (χ2n) is 9.68. The van der Waals surface area contributed by atoms with Gasteiger partial charge in [-0.3, -0.25) is 4.98 Å². The van der Waals surface area contributed by atoms with Crippen LogP contribution >= 0.6 is 0 Å². The summed E-state index contributed by atoms with van der Waals surface area (Å²) in [6.07, 6.45) is 9.20. The molecule has 0 radical (unpaired) electrons. The second-order valence-corrected chi connectivity index (χ2v) is 9.68. The Kier molecular flexibility index (Phi) is 4.33. The summed E-state index contributed by atoms with van der Waals surface area (Å²) in [4.78, 5) is 4.91. The molecule has 0 saturated heterocycles. The first-order valence-corrected chi connectivity index (χ1v) is 11.7. The summed E-state index contributed by atoms with van der Waals surface area (Å²) in [7, 11) is 2.15. The van der Waals surface area contributed by atoms with Crippen molar-refractivity contribution in [2.75, 3.05) is 0 Å². The molecule has 0 unspecified atom stereocenters. The van der Waals surface area contributed by atoms with Gasteiger partial charge in [0, 0.05) is 34.9 Å². The van der Waals surface area contributed by atoms with E-state index in [9.17, 15) is 0 Å². The Hall–Kier alpha value is -3.26. The molecule has 2 aromatic heterocycles. The van der Waals surface area contributed by atoms with Gasteiger partial charge in [-0.15, -0.1) is 0 Å². The largest absolute Gasteiger partial charge is 0.260 e. The predicted octanol–water partition coefficient (Wildman–Crippen LogP) is 6.70. The fraction of sp³-hybridized carbons (Fsp3) is 0.267. The fourth-order valence-corrected chi connectivity index (χ4v) is 5.98. The first-order valence-electron chi connectivity index (χ1n) is 11.7. The van der Waals surface area contributed by atoms with Crippen molar-refractivity contribution in [1.82, 2.24) is 4.98 Å². The van der Waals surface area contributed by atoms with Crippen molar-refractivity contribution in [1.29, 1.82) is 0 Å². The molecular weight excluding hydrogens is 388 g/mol. The van der Waals surface area contributed by atoms with E-state index in [1.165, 1.54) is 81.6 Å². The molecule has 6 rings (SSSR count). The number of aromatic nitrogens is 2. The number of hydrogen-bond donors (Lipinski definition) is 0. The normalized spacial score (nSPS) is 15.7. The predicted molar refractivity (Wildman–Crippen MR) is 130 cm³/mol. The van der Waals surface area contributed by atoms with E-state index in [2.05, 4.69) is 92.3 Å². The van der Waals surface area contributed by atoms with Gasteiger partial charge in [0.1, 0.15) is 7.05 Å². The summed E-state index contributed by atoms with van der Waals surface area (Å²) < 4.78 is 2.25. The molecule has 2 heterocycles. The van der Waals surface area contributed by atoms with Gasteiger partial charge in [0.25, 0.3) is 0 Å². The van der Waals surface area contributed by atoms with E-state index < -0.39 is 0 Å². The Bertz CT molecular complexity index is 1340. The highest BCUT2D eigenvalue weighted by atomic mass is 14.9. The molecule has 1 spiro atoms. The zero-order valence-corrected chi connectivity index (χ0v) is 19.2. The molecule has 2 aliphatic rings. The van der Waals surface area contributed by atoms with E-state index in [1.54, 1.807) is 0 Å². The highest BCUT2D eigenvalue weighted by molar-refractivity contribution is 5.84. The standard InChI is InChI=1S/C30H29N2/c1-20-8-10-22(11-9-20)23-12-16-32(3)28(18-23)25-19-26-24-7-6-15-31-29(24)30(13-4-5-14-30)27(26)17-21(25)2/h6-12,15-19H,4-5,13-14H2,1-3H3/q+1. The number of hydrogen-bond acceptors (Lipinski definition) is 1. The highest BCUT2D eigenvalue weighted by Gasteiger charge is 2.46. The molecule has 32 heavy (non-hydrogen) atoms. The number of aryl methyl sites for hydroxylation is 3. The Labute approximate surface area is 190 Å². The van der Waals surface area contributed by atoms with Gasteiger partial charge < -0.3 is 0 Å². The summed E-state index contributed by atoms with van der Waals surface area (Å²) in [6.45, 7) is 4.41. The van der Waals surface area contributed by atoms with Gasteiger partial charge in [0.15, 0.2) is 6.20 Å². The lowest BCUT2D eigenvalue weighted by molar-refractivity contribution is -0.660. The molecule has 2 aromatic carbocycles. The van der Waals surface area contributed by atoms with Crippen LogP contribution in [-0.4, -0.2) is 4.98 Å². The number of benzene rings is 2. The smallest absolute Gasteiger partial charge is 0.213 e. The van der Waals surface area contributed by atoms with Crippen LogP contribution in [0.4, 0.5) is 0 Å². The molecule has 2 nitrogen and oxygen atoms in total. The first-order chi connectivity index (χ1) is 15.6. The van der Waals surface area contributed by atoms with Gasteiger partial charge in [-0.1, -0.05) is 54.8 Å². The third-order valence-electron chi connectivity index (χ3n) is 7.70. The molecule has 158 valence electrons. The molecule has 0 amide bonds. The summed E-state index contributed by atoms with van der Waals surface area (Å²) in [5.74, 6) is 0. The van der Waals surface area contributed by atoms with Crippen molar-refractivity contribution < 1.29 is 4.57 Å². The van der Waals surface area contributed by atoms with Crippen LogP contribution in [0.15, 0.2) is 73.1 Å². The van der Waals surface area contributed by atoms with Crippen molar-refractivity contribution in [3.63, 3.8) is 0 Å². The average Bonchev–Trinajstić information content (AvgIpc) is 3.40. The monoisotopic (exact) mass is 417 g/mol. The zero-order valence-electron chi connectivity index (χ0n) is 19.2. The number of nitrogens with zero attached hydrogens (tertiary/aromatic N) is 2. The minimum atomic E-state index is 0.126. The number of fused-ring (bicyclic) bond motifs is 5. The Balaban J connectivity index is 1.54. The molecule has 0 atom stereocenters. The maximum atomic E-state index is 4.91. The molecular formula is C30H29N2+. The van der Waals surface area contributed by atoms with Crippen LogP contribution in [0.25, 0.3) is 33.5 Å². The van der Waals surface area contributed by atoms with Gasteiger partial charge >= 0.3 is 0 Å². The average molecular weight is 418 g/mol. The van der Waals surface area contributed by atoms with Crippen LogP contribution < -0.4 is 4.57 Å². The van der Waals surface area contributed by atoms with Gasteiger partial charge in [-0.2, -0.15) is 0 Å². The van der Waals surface area contributed by atoms with Gasteiger partial charge in [-0.25, -0.2) is 4.57 Å². The Morgan fingerprint density at radius 2 is 1.59 bits per heavy atom. The van der Waals surface area contributed by atoms with Crippen molar-refractivity contribution in [2.45, 2.75) is 44.9 Å². The van der Waals surface area contributed by atoms with Crippen LogP contribution in [0.2, 0.25) is 0 Å². The van der Waals surface area contributed by atoms with E-state index in [0.717, 1.165) is 0 Å². The van der Waals surface area contributed by atoms with Crippen molar-refractivity contribution in [2.24, 2.45) is 7.05 Å². The summed E-state index contributed by atoms with van der Waals surface area (Å²) in [5.41, 5.74) is 13.4. The molecule has 0 N–H and O–H groups in total. The van der Waals surface area contributed by atoms with Crippen molar-refractivity contribution >= 4 is 0 Å². The Morgan fingerprint density at radius 3 is 2.38 bits per heavy atom. The van der Waals surface area contributed by atoms with Crippen LogP contribution in [0.1, 0.15) is 48.1 Å². The number of pyridine rings is 2. The maximum Gasteiger partial charge on any atom is 0.213 e. The van der Waals surface area contributed by atoms with E-state index >= 15 is 0 Å². The van der Waals surface area contributed by atoms with Crippen molar-refractivity contribution in [3.05, 3.63) is 95.4 Å². The molecule has 0 aliphatic heterocycles. The summed E-state index contributed by atoms with van der Waals surface area (Å²) in [5, 5.41) is 0. The topological polar surface area (TPSA) is 16.8 Å². The third kappa shape index (κ3) is 2.79. The lowest BCUT2D eigenvalue weighted by Crippen LogP contribution is -2.30. The quantitative estimate of drug-likeness (QED) is 0.332. The molecule has 2 heteroatoms. The van der Waals surface area contributed by atoms with E-state index in [-0.39, 0.29) is 5.41 Å². The minimum absolute atomic E-state index is 0.126. The molecule has 1 fully saturated rings. The molecule has 1 saturated carbocycles. The second kappa shape index (κ2) is 7.13. The fourth-order valence-electron chi connectivity index (χ4n) is 5.98. The van der Waals surface area contributed by atoms with Crippen LogP contribution in [-0.2, 0) is 12.5 Å². The van der Waals surface area contributed by atoms with Crippen LogP contribution in [0.5, 0.6) is 0 Å². The van der Waals surface area contributed by atoms with E-state index in [4.69, 9.17) is 4.98 Å². The van der Waals surface area contributed by atoms with Crippen LogP contribution in [0, 0.1) is 13.8 Å². The van der Waals surface area contributed by atoms with E-state index in [0.29, 0.717) is 0 Å². The highest BCUT2D eigenvalue weighted by Crippen LogP contribution is 2.56. The van der Waals surface area contributed by atoms with Crippen molar-refractivity contribution in [3.8, 4) is 33.5 Å². The first kappa shape index (κ1) is 19.4. The minimum Gasteiger partial charge on any atom is -0.260 e. The Morgan fingerprint density at radius 1 is 0.812 bits per heavy atom. The number of rotatable bonds is 2. The van der Waals surface area contributed by atoms with Gasteiger partial charge in [0.2, 0.25) is 5.69 Å². The molecule has 2 aliphatic carbocycles. The summed E-state index contributed by atoms with van der Waals surface area (Å²) >= 11 is 0. The lowest BCUT2D eigenvalue weighted by Gasteiger charge is -2.25. The molecule has 4 aromatic rings. The molecule has 0 bridgehead atoms. The maximum absolute atomic E-state index is 4.91. The van der Waals surface area contributed by atoms with Crippen LogP contribution in [0.3, 0.4) is 0 Å². The van der Waals surface area contributed by atoms with Gasteiger partial charge in [-0.05, 0) is 66.6 Å². The summed E-state index contributed by atoms with van der Waals surface area (Å²) in [6, 6.07) is 22.6. The lowest BCUT2D eigenvalue weighted by atomic mass is 9.78. The zero-order chi connectivity index (χ0) is 21.9. The van der Waals surface area contributed by atoms with Gasteiger partial charge in [0.05, 0.1) is 5.69 Å². The van der Waals surface area contributed by atoms with E-state index in [1.807, 2.05) is 6.20 Å². The SMILES string of the molecule is Cc1ccc(-c2cc[n+](C)c(-c3cc4c(cc3C)C3(CCCC3)c3ncccc3-4)c2)cc1.